The zero-order valence-corrected chi connectivity index (χ0v) is 12.4. The maximum Gasteiger partial charge on any atom is 0.339 e. The van der Waals surface area contributed by atoms with Gasteiger partial charge in [0.1, 0.15) is 5.56 Å². The van der Waals surface area contributed by atoms with Crippen LogP contribution in [0.15, 0.2) is 48.8 Å². The van der Waals surface area contributed by atoms with Crippen LogP contribution in [0.2, 0.25) is 5.02 Å². The number of aryl methyl sites for hydroxylation is 1. The summed E-state index contributed by atoms with van der Waals surface area (Å²) in [6.07, 6.45) is 3.26. The molecule has 0 unspecified atom stereocenters. The molecule has 0 aliphatic carbocycles. The number of rotatable bonds is 3. The summed E-state index contributed by atoms with van der Waals surface area (Å²) in [5, 5.41) is 14.5. The molecule has 1 aromatic carbocycles. The quantitative estimate of drug-likeness (QED) is 0.802. The zero-order chi connectivity index (χ0) is 15.7. The number of halogens is 1. The van der Waals surface area contributed by atoms with E-state index in [9.17, 15) is 9.90 Å². The first-order valence-electron chi connectivity index (χ1n) is 6.57. The Kier molecular flexibility index (Phi) is 3.65. The summed E-state index contributed by atoms with van der Waals surface area (Å²) in [6, 6.07) is 10.6. The number of pyridine rings is 1. The van der Waals surface area contributed by atoms with Crippen LogP contribution in [0.4, 0.5) is 0 Å². The molecule has 0 amide bonds. The van der Waals surface area contributed by atoms with Gasteiger partial charge in [-0.2, -0.15) is 5.10 Å². The van der Waals surface area contributed by atoms with E-state index in [2.05, 4.69) is 10.1 Å². The van der Waals surface area contributed by atoms with Gasteiger partial charge >= 0.3 is 5.97 Å². The van der Waals surface area contributed by atoms with Crippen molar-refractivity contribution in [1.82, 2.24) is 14.8 Å². The standard InChI is InChI=1S/C16H12ClN3O2/c1-10-14(16(21)22)15(11-3-2-8-18-9-11)20(19-10)13-6-4-12(17)5-7-13/h2-9H,1H3,(H,21,22). The molecule has 3 rings (SSSR count). The van der Waals surface area contributed by atoms with E-state index in [1.807, 2.05) is 6.07 Å². The zero-order valence-electron chi connectivity index (χ0n) is 11.7. The third-order valence-corrected chi connectivity index (χ3v) is 3.53. The van der Waals surface area contributed by atoms with Crippen LogP contribution in [0.1, 0.15) is 16.1 Å². The highest BCUT2D eigenvalue weighted by Gasteiger charge is 2.23. The van der Waals surface area contributed by atoms with E-state index in [1.54, 1.807) is 54.3 Å². The summed E-state index contributed by atoms with van der Waals surface area (Å²) in [5.41, 5.74) is 2.54. The van der Waals surface area contributed by atoms with Gasteiger partial charge in [-0.05, 0) is 43.3 Å². The highest BCUT2D eigenvalue weighted by Crippen LogP contribution is 2.29. The Bertz CT molecular complexity index is 827. The molecular formula is C16H12ClN3O2. The fourth-order valence-corrected chi connectivity index (χ4v) is 2.45. The molecule has 2 heterocycles. The van der Waals surface area contributed by atoms with Crippen molar-refractivity contribution in [2.75, 3.05) is 0 Å². The highest BCUT2D eigenvalue weighted by atomic mass is 35.5. The van der Waals surface area contributed by atoms with E-state index >= 15 is 0 Å². The SMILES string of the molecule is Cc1nn(-c2ccc(Cl)cc2)c(-c2cccnc2)c1C(=O)O. The van der Waals surface area contributed by atoms with Crippen molar-refractivity contribution in [1.29, 1.82) is 0 Å². The molecule has 5 nitrogen and oxygen atoms in total. The molecule has 0 fully saturated rings. The minimum atomic E-state index is -1.02. The lowest BCUT2D eigenvalue weighted by Crippen LogP contribution is -2.03. The molecule has 22 heavy (non-hydrogen) atoms. The smallest absolute Gasteiger partial charge is 0.339 e. The summed E-state index contributed by atoms with van der Waals surface area (Å²) < 4.78 is 1.60. The number of benzene rings is 1. The molecule has 0 aliphatic heterocycles. The number of aromatic carboxylic acids is 1. The van der Waals surface area contributed by atoms with E-state index in [0.29, 0.717) is 22.0 Å². The van der Waals surface area contributed by atoms with Crippen molar-refractivity contribution >= 4 is 17.6 Å². The molecule has 3 aromatic rings. The summed E-state index contributed by atoms with van der Waals surface area (Å²) in [6.45, 7) is 1.68. The molecule has 0 radical (unpaired) electrons. The average molecular weight is 314 g/mol. The normalized spacial score (nSPS) is 10.6. The first kappa shape index (κ1) is 14.3. The van der Waals surface area contributed by atoms with Crippen LogP contribution in [0.3, 0.4) is 0 Å². The Labute approximate surface area is 131 Å². The molecule has 6 heteroatoms. The minimum absolute atomic E-state index is 0.169. The Morgan fingerprint density at radius 1 is 1.23 bits per heavy atom. The molecule has 0 bridgehead atoms. The van der Waals surface area contributed by atoms with Gasteiger partial charge in [0.25, 0.3) is 0 Å². The van der Waals surface area contributed by atoms with Crippen molar-refractivity contribution in [3.05, 3.63) is 65.1 Å². The number of hydrogen-bond acceptors (Lipinski definition) is 3. The number of carboxylic acid groups (broad SMARTS) is 1. The monoisotopic (exact) mass is 313 g/mol. The fourth-order valence-electron chi connectivity index (χ4n) is 2.32. The first-order chi connectivity index (χ1) is 10.6. The lowest BCUT2D eigenvalue weighted by Gasteiger charge is -2.08. The van der Waals surface area contributed by atoms with Gasteiger partial charge in [-0.25, -0.2) is 9.48 Å². The highest BCUT2D eigenvalue weighted by molar-refractivity contribution is 6.30. The minimum Gasteiger partial charge on any atom is -0.478 e. The summed E-state index contributed by atoms with van der Waals surface area (Å²) >= 11 is 5.91. The Morgan fingerprint density at radius 3 is 2.55 bits per heavy atom. The average Bonchev–Trinajstić information content (AvgIpc) is 2.86. The van der Waals surface area contributed by atoms with Crippen LogP contribution < -0.4 is 0 Å². The van der Waals surface area contributed by atoms with Gasteiger partial charge in [0.15, 0.2) is 0 Å². The van der Waals surface area contributed by atoms with Crippen molar-refractivity contribution in [2.45, 2.75) is 6.92 Å². The van der Waals surface area contributed by atoms with E-state index in [4.69, 9.17) is 11.6 Å². The summed E-state index contributed by atoms with van der Waals surface area (Å²) in [5.74, 6) is -1.02. The Hall–Kier alpha value is -2.66. The van der Waals surface area contributed by atoms with Crippen LogP contribution in [0.5, 0.6) is 0 Å². The topological polar surface area (TPSA) is 68.0 Å². The third kappa shape index (κ3) is 2.46. The van der Waals surface area contributed by atoms with Crippen LogP contribution in [-0.4, -0.2) is 25.8 Å². The van der Waals surface area contributed by atoms with Crippen LogP contribution in [0.25, 0.3) is 16.9 Å². The molecule has 0 aliphatic rings. The van der Waals surface area contributed by atoms with Gasteiger partial charge in [-0.15, -0.1) is 0 Å². The number of aromatic nitrogens is 3. The van der Waals surface area contributed by atoms with Crippen molar-refractivity contribution in [3.8, 4) is 16.9 Å². The van der Waals surface area contributed by atoms with E-state index in [-0.39, 0.29) is 5.56 Å². The van der Waals surface area contributed by atoms with E-state index in [1.165, 1.54) is 0 Å². The number of hydrogen-bond donors (Lipinski definition) is 1. The maximum absolute atomic E-state index is 11.6. The molecule has 2 aromatic heterocycles. The van der Waals surface area contributed by atoms with Crippen molar-refractivity contribution in [3.63, 3.8) is 0 Å². The Balaban J connectivity index is 2.29. The molecule has 0 saturated carbocycles. The maximum atomic E-state index is 11.6. The lowest BCUT2D eigenvalue weighted by molar-refractivity contribution is 0.0697. The van der Waals surface area contributed by atoms with E-state index in [0.717, 1.165) is 5.69 Å². The number of carboxylic acids is 1. The second-order valence-corrected chi connectivity index (χ2v) is 5.18. The van der Waals surface area contributed by atoms with Gasteiger partial charge in [-0.1, -0.05) is 11.6 Å². The second kappa shape index (κ2) is 5.61. The molecule has 0 atom stereocenters. The Morgan fingerprint density at radius 2 is 1.95 bits per heavy atom. The second-order valence-electron chi connectivity index (χ2n) is 4.74. The van der Waals surface area contributed by atoms with Crippen LogP contribution >= 0.6 is 11.6 Å². The molecule has 1 N–H and O–H groups in total. The van der Waals surface area contributed by atoms with Gasteiger partial charge in [-0.3, -0.25) is 4.98 Å². The van der Waals surface area contributed by atoms with Gasteiger partial charge in [0.2, 0.25) is 0 Å². The van der Waals surface area contributed by atoms with Gasteiger partial charge in [0, 0.05) is 23.0 Å². The largest absolute Gasteiger partial charge is 0.478 e. The van der Waals surface area contributed by atoms with Crippen molar-refractivity contribution in [2.24, 2.45) is 0 Å². The molecule has 110 valence electrons. The molecular weight excluding hydrogens is 302 g/mol. The molecule has 0 saturated heterocycles. The number of nitrogens with zero attached hydrogens (tertiary/aromatic N) is 3. The van der Waals surface area contributed by atoms with Crippen LogP contribution in [-0.2, 0) is 0 Å². The summed E-state index contributed by atoms with van der Waals surface area (Å²) in [4.78, 5) is 15.7. The predicted octanol–water partition coefficient (Wildman–Crippen LogP) is 3.59. The van der Waals surface area contributed by atoms with E-state index < -0.39 is 5.97 Å². The van der Waals surface area contributed by atoms with Gasteiger partial charge in [0.05, 0.1) is 17.1 Å². The molecule has 0 spiro atoms. The number of carbonyl (C=O) groups is 1. The lowest BCUT2D eigenvalue weighted by atomic mass is 10.1. The summed E-state index contributed by atoms with van der Waals surface area (Å²) in [7, 11) is 0. The van der Waals surface area contributed by atoms with Crippen LogP contribution in [0, 0.1) is 6.92 Å². The first-order valence-corrected chi connectivity index (χ1v) is 6.95. The van der Waals surface area contributed by atoms with Crippen molar-refractivity contribution < 1.29 is 9.90 Å². The predicted molar refractivity (Wildman–Crippen MR) is 83.5 cm³/mol. The third-order valence-electron chi connectivity index (χ3n) is 3.28. The fraction of sp³-hybridized carbons (Fsp3) is 0.0625. The van der Waals surface area contributed by atoms with Gasteiger partial charge < -0.3 is 5.11 Å².